The highest BCUT2D eigenvalue weighted by atomic mass is 16.4. The van der Waals surface area contributed by atoms with E-state index in [-0.39, 0.29) is 0 Å². The number of hydrogen-bond donors (Lipinski definition) is 1. The predicted octanol–water partition coefficient (Wildman–Crippen LogP) is 3.59. The van der Waals surface area contributed by atoms with Gasteiger partial charge in [-0.25, -0.2) is 4.79 Å². The van der Waals surface area contributed by atoms with Crippen molar-refractivity contribution in [2.45, 2.75) is 20.3 Å². The number of benzene rings is 2. The largest absolute Gasteiger partial charge is 0.478 e. The molecular weight excluding hydrogens is 224 g/mol. The van der Waals surface area contributed by atoms with E-state index in [2.05, 4.69) is 31.2 Å². The van der Waals surface area contributed by atoms with E-state index < -0.39 is 5.97 Å². The fourth-order valence-electron chi connectivity index (χ4n) is 1.92. The minimum Gasteiger partial charge on any atom is -0.478 e. The van der Waals surface area contributed by atoms with Gasteiger partial charge >= 0.3 is 5.97 Å². The van der Waals surface area contributed by atoms with Gasteiger partial charge in [-0.05, 0) is 49.1 Å². The molecule has 2 nitrogen and oxygen atoms in total. The molecule has 0 aliphatic heterocycles. The lowest BCUT2D eigenvalue weighted by atomic mass is 9.98. The highest BCUT2D eigenvalue weighted by Crippen LogP contribution is 2.16. The molecule has 0 saturated carbocycles. The van der Waals surface area contributed by atoms with E-state index >= 15 is 0 Å². The lowest BCUT2D eigenvalue weighted by Gasteiger charge is -2.07. The first-order valence-electron chi connectivity index (χ1n) is 5.94. The van der Waals surface area contributed by atoms with Crippen LogP contribution < -0.4 is 0 Å². The first kappa shape index (κ1) is 12.4. The fourth-order valence-corrected chi connectivity index (χ4v) is 1.92. The third kappa shape index (κ3) is 2.77. The summed E-state index contributed by atoms with van der Waals surface area (Å²) in [4.78, 5) is 11.0. The summed E-state index contributed by atoms with van der Waals surface area (Å²) >= 11 is 0. The summed E-state index contributed by atoms with van der Waals surface area (Å²) in [7, 11) is 0. The van der Waals surface area contributed by atoms with Crippen LogP contribution in [0.5, 0.6) is 0 Å². The van der Waals surface area contributed by atoms with E-state index in [4.69, 9.17) is 5.11 Å². The second kappa shape index (κ2) is 5.05. The summed E-state index contributed by atoms with van der Waals surface area (Å²) in [6, 6.07) is 13.6. The Morgan fingerprint density at radius 2 is 1.72 bits per heavy atom. The molecule has 0 unspecified atom stereocenters. The molecule has 0 amide bonds. The normalized spacial score (nSPS) is 10.3. The molecular formula is C16H16O2. The van der Waals surface area contributed by atoms with Crippen LogP contribution >= 0.6 is 0 Å². The van der Waals surface area contributed by atoms with Gasteiger partial charge in [0.25, 0.3) is 0 Å². The van der Waals surface area contributed by atoms with Crippen LogP contribution in [0.2, 0.25) is 0 Å². The van der Waals surface area contributed by atoms with Crippen LogP contribution in [-0.4, -0.2) is 11.1 Å². The van der Waals surface area contributed by atoms with Crippen molar-refractivity contribution in [1.82, 2.24) is 0 Å². The van der Waals surface area contributed by atoms with Gasteiger partial charge in [0, 0.05) is 0 Å². The Labute approximate surface area is 107 Å². The van der Waals surface area contributed by atoms with Crippen molar-refractivity contribution in [3.63, 3.8) is 0 Å². The minimum atomic E-state index is -0.875. The number of carboxylic acid groups (broad SMARTS) is 1. The van der Waals surface area contributed by atoms with Crippen LogP contribution in [0, 0.1) is 13.8 Å². The zero-order valence-corrected chi connectivity index (χ0v) is 10.6. The van der Waals surface area contributed by atoms with Crippen molar-refractivity contribution in [3.8, 4) is 0 Å². The third-order valence-electron chi connectivity index (χ3n) is 3.11. The maximum atomic E-state index is 11.0. The zero-order chi connectivity index (χ0) is 13.1. The second-order valence-electron chi connectivity index (χ2n) is 4.61. The Morgan fingerprint density at radius 3 is 2.33 bits per heavy atom. The van der Waals surface area contributed by atoms with E-state index in [1.807, 2.05) is 13.0 Å². The van der Waals surface area contributed by atoms with Crippen LogP contribution in [-0.2, 0) is 6.42 Å². The van der Waals surface area contributed by atoms with Crippen LogP contribution in [0.3, 0.4) is 0 Å². The van der Waals surface area contributed by atoms with Gasteiger partial charge in [0.2, 0.25) is 0 Å². The van der Waals surface area contributed by atoms with Crippen molar-refractivity contribution in [3.05, 3.63) is 70.3 Å². The van der Waals surface area contributed by atoms with E-state index in [0.29, 0.717) is 5.56 Å². The third-order valence-corrected chi connectivity index (χ3v) is 3.11. The SMILES string of the molecule is Cc1ccc(Cc2cc(C(=O)O)ccc2C)cc1. The van der Waals surface area contributed by atoms with Crippen molar-refractivity contribution in [2.75, 3.05) is 0 Å². The molecule has 92 valence electrons. The molecule has 1 N–H and O–H groups in total. The van der Waals surface area contributed by atoms with Crippen molar-refractivity contribution < 1.29 is 9.90 Å². The predicted molar refractivity (Wildman–Crippen MR) is 72.1 cm³/mol. The number of rotatable bonds is 3. The Kier molecular flexibility index (Phi) is 3.47. The molecule has 0 saturated heterocycles. The summed E-state index contributed by atoms with van der Waals surface area (Å²) in [5.41, 5.74) is 4.98. The second-order valence-corrected chi connectivity index (χ2v) is 4.61. The number of carboxylic acids is 1. The molecule has 2 rings (SSSR count). The monoisotopic (exact) mass is 240 g/mol. The molecule has 0 aliphatic carbocycles. The van der Waals surface area contributed by atoms with E-state index in [1.54, 1.807) is 12.1 Å². The summed E-state index contributed by atoms with van der Waals surface area (Å²) in [5.74, 6) is -0.875. The van der Waals surface area contributed by atoms with Crippen molar-refractivity contribution in [1.29, 1.82) is 0 Å². The number of carbonyl (C=O) groups is 1. The topological polar surface area (TPSA) is 37.3 Å². The molecule has 2 aromatic rings. The molecule has 0 atom stereocenters. The van der Waals surface area contributed by atoms with Crippen molar-refractivity contribution in [2.24, 2.45) is 0 Å². The average Bonchev–Trinajstić information content (AvgIpc) is 2.34. The van der Waals surface area contributed by atoms with Gasteiger partial charge in [-0.2, -0.15) is 0 Å². The van der Waals surface area contributed by atoms with Gasteiger partial charge in [0.1, 0.15) is 0 Å². The Hall–Kier alpha value is -2.09. The molecule has 0 bridgehead atoms. The Bertz CT molecular complexity index is 568. The minimum absolute atomic E-state index is 0.350. The van der Waals surface area contributed by atoms with Crippen LogP contribution in [0.25, 0.3) is 0 Å². The van der Waals surface area contributed by atoms with Crippen LogP contribution in [0.1, 0.15) is 32.6 Å². The highest BCUT2D eigenvalue weighted by molar-refractivity contribution is 5.87. The van der Waals surface area contributed by atoms with E-state index in [0.717, 1.165) is 17.5 Å². The maximum absolute atomic E-state index is 11.0. The van der Waals surface area contributed by atoms with Crippen LogP contribution in [0.15, 0.2) is 42.5 Å². The van der Waals surface area contributed by atoms with Gasteiger partial charge in [0.15, 0.2) is 0 Å². The zero-order valence-electron chi connectivity index (χ0n) is 10.6. The van der Waals surface area contributed by atoms with Gasteiger partial charge in [-0.3, -0.25) is 0 Å². The summed E-state index contributed by atoms with van der Waals surface area (Å²) in [5, 5.41) is 9.00. The molecule has 18 heavy (non-hydrogen) atoms. The fraction of sp³-hybridized carbons (Fsp3) is 0.188. The quantitative estimate of drug-likeness (QED) is 0.890. The van der Waals surface area contributed by atoms with E-state index in [1.165, 1.54) is 11.1 Å². The Balaban J connectivity index is 2.30. The molecule has 2 aromatic carbocycles. The molecule has 0 heterocycles. The highest BCUT2D eigenvalue weighted by Gasteiger charge is 2.06. The standard InChI is InChI=1S/C16H16O2/c1-11-3-6-13(7-4-11)9-15-10-14(16(17)18)8-5-12(15)2/h3-8,10H,9H2,1-2H3,(H,17,18). The lowest BCUT2D eigenvalue weighted by Crippen LogP contribution is -2.00. The average molecular weight is 240 g/mol. The molecule has 0 radical (unpaired) electrons. The number of aryl methyl sites for hydroxylation is 2. The molecule has 0 aliphatic rings. The summed E-state index contributed by atoms with van der Waals surface area (Å²) in [6.45, 7) is 4.06. The smallest absolute Gasteiger partial charge is 0.335 e. The summed E-state index contributed by atoms with van der Waals surface area (Å²) < 4.78 is 0. The molecule has 0 spiro atoms. The van der Waals surface area contributed by atoms with Gasteiger partial charge in [-0.15, -0.1) is 0 Å². The first-order chi connectivity index (χ1) is 8.56. The van der Waals surface area contributed by atoms with Crippen molar-refractivity contribution >= 4 is 5.97 Å². The van der Waals surface area contributed by atoms with Crippen LogP contribution in [0.4, 0.5) is 0 Å². The Morgan fingerprint density at radius 1 is 1.06 bits per heavy atom. The number of hydrogen-bond acceptors (Lipinski definition) is 1. The molecule has 2 heteroatoms. The molecule has 0 fully saturated rings. The summed E-state index contributed by atoms with van der Waals surface area (Å²) in [6.07, 6.45) is 0.771. The van der Waals surface area contributed by atoms with Gasteiger partial charge in [-0.1, -0.05) is 35.9 Å². The van der Waals surface area contributed by atoms with Gasteiger partial charge < -0.3 is 5.11 Å². The van der Waals surface area contributed by atoms with E-state index in [9.17, 15) is 4.79 Å². The lowest BCUT2D eigenvalue weighted by molar-refractivity contribution is 0.0697. The molecule has 0 aromatic heterocycles. The van der Waals surface area contributed by atoms with Gasteiger partial charge in [0.05, 0.1) is 5.56 Å². The maximum Gasteiger partial charge on any atom is 0.335 e. The number of aromatic carboxylic acids is 1. The first-order valence-corrected chi connectivity index (χ1v) is 5.94.